The molecule has 0 spiro atoms. The van der Waals surface area contributed by atoms with E-state index in [0.717, 1.165) is 22.0 Å². The third-order valence-corrected chi connectivity index (χ3v) is 3.94. The molecule has 0 aromatic carbocycles. The van der Waals surface area contributed by atoms with Crippen molar-refractivity contribution < 1.29 is 0 Å². The first-order chi connectivity index (χ1) is 8.10. The van der Waals surface area contributed by atoms with Gasteiger partial charge in [0, 0.05) is 34.1 Å². The SMILES string of the molecule is CNC(C)c1cnc(-c2cc(C)nc(C)c2)s1. The van der Waals surface area contributed by atoms with Crippen LogP contribution in [0.15, 0.2) is 18.3 Å². The van der Waals surface area contributed by atoms with E-state index in [-0.39, 0.29) is 0 Å². The van der Waals surface area contributed by atoms with Crippen molar-refractivity contribution in [1.29, 1.82) is 0 Å². The van der Waals surface area contributed by atoms with Gasteiger partial charge in [0.15, 0.2) is 0 Å². The van der Waals surface area contributed by atoms with E-state index >= 15 is 0 Å². The Morgan fingerprint density at radius 3 is 2.47 bits per heavy atom. The summed E-state index contributed by atoms with van der Waals surface area (Å²) in [5, 5.41) is 4.29. The van der Waals surface area contributed by atoms with Crippen LogP contribution in [0.4, 0.5) is 0 Å². The van der Waals surface area contributed by atoms with Gasteiger partial charge in [-0.3, -0.25) is 4.98 Å². The molecule has 0 aliphatic carbocycles. The summed E-state index contributed by atoms with van der Waals surface area (Å²) < 4.78 is 0. The third-order valence-electron chi connectivity index (χ3n) is 2.71. The average molecular weight is 247 g/mol. The van der Waals surface area contributed by atoms with Gasteiger partial charge in [0.2, 0.25) is 0 Å². The average Bonchev–Trinajstić information content (AvgIpc) is 2.76. The fourth-order valence-corrected chi connectivity index (χ4v) is 2.68. The molecule has 0 saturated carbocycles. The molecule has 2 rings (SSSR count). The Hall–Kier alpha value is -1.26. The van der Waals surface area contributed by atoms with E-state index in [1.54, 1.807) is 11.3 Å². The lowest BCUT2D eigenvalue weighted by molar-refractivity contribution is 0.662. The van der Waals surface area contributed by atoms with Gasteiger partial charge < -0.3 is 5.32 Å². The monoisotopic (exact) mass is 247 g/mol. The van der Waals surface area contributed by atoms with Gasteiger partial charge in [0.25, 0.3) is 0 Å². The highest BCUT2D eigenvalue weighted by molar-refractivity contribution is 7.15. The summed E-state index contributed by atoms with van der Waals surface area (Å²) in [6.45, 7) is 6.17. The molecular weight excluding hydrogens is 230 g/mol. The van der Waals surface area contributed by atoms with Crippen molar-refractivity contribution in [2.75, 3.05) is 7.05 Å². The predicted molar refractivity (Wildman–Crippen MR) is 72.3 cm³/mol. The number of rotatable bonds is 3. The number of hydrogen-bond acceptors (Lipinski definition) is 4. The third kappa shape index (κ3) is 2.70. The molecule has 0 amide bonds. The van der Waals surface area contributed by atoms with Gasteiger partial charge in [-0.25, -0.2) is 4.98 Å². The smallest absolute Gasteiger partial charge is 0.123 e. The molecule has 0 radical (unpaired) electrons. The van der Waals surface area contributed by atoms with Crippen molar-refractivity contribution in [1.82, 2.24) is 15.3 Å². The highest BCUT2D eigenvalue weighted by atomic mass is 32.1. The maximum atomic E-state index is 4.49. The van der Waals surface area contributed by atoms with E-state index in [4.69, 9.17) is 0 Å². The quantitative estimate of drug-likeness (QED) is 0.905. The van der Waals surface area contributed by atoms with Crippen LogP contribution < -0.4 is 5.32 Å². The van der Waals surface area contributed by atoms with Crippen molar-refractivity contribution in [2.24, 2.45) is 0 Å². The van der Waals surface area contributed by atoms with E-state index in [1.165, 1.54) is 4.88 Å². The Kier molecular flexibility index (Phi) is 3.54. The number of nitrogens with zero attached hydrogens (tertiary/aromatic N) is 2. The van der Waals surface area contributed by atoms with Gasteiger partial charge in [0.1, 0.15) is 5.01 Å². The Labute approximate surface area is 106 Å². The van der Waals surface area contributed by atoms with Crippen LogP contribution in [0, 0.1) is 13.8 Å². The molecule has 90 valence electrons. The number of aryl methyl sites for hydroxylation is 2. The first kappa shape index (κ1) is 12.2. The molecule has 1 N–H and O–H groups in total. The van der Waals surface area contributed by atoms with E-state index in [9.17, 15) is 0 Å². The van der Waals surface area contributed by atoms with Crippen LogP contribution in [0.3, 0.4) is 0 Å². The number of nitrogens with one attached hydrogen (secondary N) is 1. The summed E-state index contributed by atoms with van der Waals surface area (Å²) in [5.74, 6) is 0. The van der Waals surface area contributed by atoms with E-state index in [2.05, 4.69) is 34.3 Å². The minimum absolute atomic E-state index is 0.352. The van der Waals surface area contributed by atoms with Crippen LogP contribution >= 0.6 is 11.3 Å². The number of thiazole rings is 1. The lowest BCUT2D eigenvalue weighted by atomic mass is 10.2. The van der Waals surface area contributed by atoms with Crippen molar-refractivity contribution in [3.63, 3.8) is 0 Å². The van der Waals surface area contributed by atoms with Crippen LogP contribution in [-0.4, -0.2) is 17.0 Å². The van der Waals surface area contributed by atoms with Gasteiger partial charge in [-0.15, -0.1) is 11.3 Å². The lowest BCUT2D eigenvalue weighted by Crippen LogP contribution is -2.10. The topological polar surface area (TPSA) is 37.8 Å². The molecule has 17 heavy (non-hydrogen) atoms. The van der Waals surface area contributed by atoms with Gasteiger partial charge >= 0.3 is 0 Å². The molecule has 0 aliphatic rings. The van der Waals surface area contributed by atoms with E-state index in [1.807, 2.05) is 27.1 Å². The molecule has 1 unspecified atom stereocenters. The van der Waals surface area contributed by atoms with Gasteiger partial charge in [-0.2, -0.15) is 0 Å². The van der Waals surface area contributed by atoms with Crippen LogP contribution in [0.1, 0.15) is 29.2 Å². The molecule has 2 heterocycles. The first-order valence-corrected chi connectivity index (χ1v) is 6.50. The van der Waals surface area contributed by atoms with Gasteiger partial charge in [-0.05, 0) is 40.0 Å². The number of hydrogen-bond donors (Lipinski definition) is 1. The van der Waals surface area contributed by atoms with Crippen LogP contribution in [-0.2, 0) is 0 Å². The Morgan fingerprint density at radius 1 is 1.24 bits per heavy atom. The highest BCUT2D eigenvalue weighted by Gasteiger charge is 2.10. The summed E-state index contributed by atoms with van der Waals surface area (Å²) >= 11 is 1.73. The second-order valence-corrected chi connectivity index (χ2v) is 5.28. The van der Waals surface area contributed by atoms with Gasteiger partial charge in [0.05, 0.1) is 0 Å². The molecule has 0 bridgehead atoms. The highest BCUT2D eigenvalue weighted by Crippen LogP contribution is 2.29. The molecule has 0 aliphatic heterocycles. The van der Waals surface area contributed by atoms with Crippen molar-refractivity contribution in [2.45, 2.75) is 26.8 Å². The molecule has 2 aromatic rings. The fraction of sp³-hybridized carbons (Fsp3) is 0.385. The zero-order valence-corrected chi connectivity index (χ0v) is 11.4. The second-order valence-electron chi connectivity index (χ2n) is 4.22. The molecule has 0 saturated heterocycles. The Morgan fingerprint density at radius 2 is 1.88 bits per heavy atom. The normalized spacial score (nSPS) is 12.7. The Balaban J connectivity index is 2.36. The maximum absolute atomic E-state index is 4.49. The summed E-state index contributed by atoms with van der Waals surface area (Å²) in [5.41, 5.74) is 3.24. The van der Waals surface area contributed by atoms with Crippen LogP contribution in [0.5, 0.6) is 0 Å². The molecule has 2 aromatic heterocycles. The van der Waals surface area contributed by atoms with Crippen molar-refractivity contribution in [3.05, 3.63) is 34.6 Å². The second kappa shape index (κ2) is 4.94. The minimum atomic E-state index is 0.352. The Bertz CT molecular complexity index is 499. The molecule has 3 nitrogen and oxygen atoms in total. The summed E-state index contributed by atoms with van der Waals surface area (Å²) in [4.78, 5) is 10.1. The summed E-state index contributed by atoms with van der Waals surface area (Å²) in [6.07, 6.45) is 1.95. The fourth-order valence-electron chi connectivity index (χ4n) is 1.72. The van der Waals surface area contributed by atoms with Crippen LogP contribution in [0.2, 0.25) is 0 Å². The largest absolute Gasteiger partial charge is 0.312 e. The van der Waals surface area contributed by atoms with Gasteiger partial charge in [-0.1, -0.05) is 0 Å². The molecular formula is C13H17N3S. The number of aromatic nitrogens is 2. The summed E-state index contributed by atoms with van der Waals surface area (Å²) in [6, 6.07) is 4.52. The standard InChI is InChI=1S/C13H17N3S/c1-8-5-11(6-9(2)16-8)13-15-7-12(17-13)10(3)14-4/h5-7,10,14H,1-4H3. The summed E-state index contributed by atoms with van der Waals surface area (Å²) in [7, 11) is 1.96. The minimum Gasteiger partial charge on any atom is -0.312 e. The first-order valence-electron chi connectivity index (χ1n) is 5.69. The lowest BCUT2D eigenvalue weighted by Gasteiger charge is -2.05. The molecule has 1 atom stereocenters. The number of pyridine rings is 1. The maximum Gasteiger partial charge on any atom is 0.123 e. The van der Waals surface area contributed by atoms with Crippen molar-refractivity contribution >= 4 is 11.3 Å². The zero-order chi connectivity index (χ0) is 12.4. The predicted octanol–water partition coefficient (Wildman–Crippen LogP) is 3.10. The van der Waals surface area contributed by atoms with E-state index in [0.29, 0.717) is 6.04 Å². The zero-order valence-electron chi connectivity index (χ0n) is 10.6. The van der Waals surface area contributed by atoms with E-state index < -0.39 is 0 Å². The van der Waals surface area contributed by atoms with Crippen molar-refractivity contribution in [3.8, 4) is 10.6 Å². The molecule has 0 fully saturated rings. The molecule has 4 heteroatoms. The van der Waals surface area contributed by atoms with Crippen LogP contribution in [0.25, 0.3) is 10.6 Å².